The van der Waals surface area contributed by atoms with E-state index >= 15 is 0 Å². The minimum atomic E-state index is -0.662. The summed E-state index contributed by atoms with van der Waals surface area (Å²) in [6, 6.07) is 5.79. The Labute approximate surface area is 140 Å². The molecule has 0 bridgehead atoms. The molecule has 0 unspecified atom stereocenters. The molecule has 21 heavy (non-hydrogen) atoms. The van der Waals surface area contributed by atoms with E-state index < -0.39 is 11.7 Å². The smallest absolute Gasteiger partial charge is 0.278 e. The van der Waals surface area contributed by atoms with Gasteiger partial charge in [0.15, 0.2) is 5.69 Å². The molecule has 1 aromatic heterocycles. The molecular formula is C13H7Cl4FN2O. The molecule has 0 aliphatic heterocycles. The maximum absolute atomic E-state index is 13.7. The van der Waals surface area contributed by atoms with Gasteiger partial charge in [-0.15, -0.1) is 0 Å². The molecule has 0 aliphatic rings. The largest absolute Gasteiger partial charge is 0.307 e. The highest BCUT2D eigenvalue weighted by molar-refractivity contribution is 6.52. The zero-order chi connectivity index (χ0) is 15.7. The molecule has 0 saturated carbocycles. The fraction of sp³-hybridized carbons (Fsp3) is 0.0769. The van der Waals surface area contributed by atoms with Crippen LogP contribution in [0, 0.1) is 5.82 Å². The second-order valence-corrected chi connectivity index (χ2v) is 5.50. The second kappa shape index (κ2) is 6.36. The first-order valence-corrected chi connectivity index (χ1v) is 7.08. The third-order valence-electron chi connectivity index (χ3n) is 2.71. The second-order valence-electron chi connectivity index (χ2n) is 4.01. The number of para-hydroxylation sites is 1. The molecule has 1 heterocycles. The standard InChI is InChI=1S/C13H7Cl4FN2O/c1-20(7-5-3-2-4-6(7)18)13(21)11-9(15)8(14)10(16)12(17)19-11/h2-5H,1H3. The topological polar surface area (TPSA) is 33.2 Å². The van der Waals surface area contributed by atoms with Crippen molar-refractivity contribution in [3.8, 4) is 0 Å². The first-order valence-electron chi connectivity index (χ1n) is 5.57. The lowest BCUT2D eigenvalue weighted by atomic mass is 10.2. The van der Waals surface area contributed by atoms with Crippen LogP contribution in [0.5, 0.6) is 0 Å². The Balaban J connectivity index is 2.48. The van der Waals surface area contributed by atoms with Gasteiger partial charge in [-0.3, -0.25) is 4.79 Å². The number of aromatic nitrogens is 1. The zero-order valence-electron chi connectivity index (χ0n) is 10.5. The summed E-state index contributed by atoms with van der Waals surface area (Å²) in [5.41, 5.74) is -0.135. The lowest BCUT2D eigenvalue weighted by Gasteiger charge is -2.18. The van der Waals surface area contributed by atoms with Gasteiger partial charge >= 0.3 is 0 Å². The Hall–Kier alpha value is -1.07. The van der Waals surface area contributed by atoms with Crippen molar-refractivity contribution in [1.82, 2.24) is 4.98 Å². The van der Waals surface area contributed by atoms with Crippen molar-refractivity contribution in [3.63, 3.8) is 0 Å². The molecule has 2 rings (SSSR count). The van der Waals surface area contributed by atoms with Gasteiger partial charge in [0.05, 0.1) is 20.8 Å². The predicted molar refractivity (Wildman–Crippen MR) is 83.4 cm³/mol. The molecule has 8 heteroatoms. The van der Waals surface area contributed by atoms with Crippen LogP contribution in [-0.2, 0) is 0 Å². The third kappa shape index (κ3) is 3.09. The number of pyridine rings is 1. The van der Waals surface area contributed by atoms with E-state index in [1.165, 1.54) is 25.2 Å². The number of hydrogen-bond donors (Lipinski definition) is 0. The van der Waals surface area contributed by atoms with Crippen LogP contribution in [0.2, 0.25) is 20.2 Å². The number of hydrogen-bond acceptors (Lipinski definition) is 2. The van der Waals surface area contributed by atoms with E-state index in [0.29, 0.717) is 0 Å². The number of benzene rings is 1. The summed E-state index contributed by atoms with van der Waals surface area (Å²) in [5, 5.41) is -0.423. The summed E-state index contributed by atoms with van der Waals surface area (Å²) in [5.74, 6) is -1.22. The van der Waals surface area contributed by atoms with Crippen molar-refractivity contribution < 1.29 is 9.18 Å². The van der Waals surface area contributed by atoms with Crippen molar-refractivity contribution in [2.24, 2.45) is 0 Å². The molecule has 110 valence electrons. The molecule has 0 radical (unpaired) electrons. The van der Waals surface area contributed by atoms with Crippen molar-refractivity contribution in [2.45, 2.75) is 0 Å². The van der Waals surface area contributed by atoms with Crippen LogP contribution >= 0.6 is 46.4 Å². The van der Waals surface area contributed by atoms with Gasteiger partial charge in [0.1, 0.15) is 11.0 Å². The van der Waals surface area contributed by atoms with E-state index in [4.69, 9.17) is 46.4 Å². The van der Waals surface area contributed by atoms with Crippen LogP contribution in [0.15, 0.2) is 24.3 Å². The molecule has 0 atom stereocenters. The van der Waals surface area contributed by atoms with Crippen LogP contribution < -0.4 is 4.90 Å². The SMILES string of the molecule is CN(C(=O)c1nc(Cl)c(Cl)c(Cl)c1Cl)c1ccccc1F. The maximum atomic E-state index is 13.7. The molecule has 2 aromatic rings. The van der Waals surface area contributed by atoms with E-state index in [2.05, 4.69) is 4.98 Å². The molecule has 0 saturated heterocycles. The molecule has 0 spiro atoms. The van der Waals surface area contributed by atoms with Crippen LogP contribution in [0.1, 0.15) is 10.5 Å². The fourth-order valence-electron chi connectivity index (χ4n) is 1.62. The summed E-state index contributed by atoms with van der Waals surface area (Å²) in [7, 11) is 1.38. The summed E-state index contributed by atoms with van der Waals surface area (Å²) < 4.78 is 13.7. The number of carbonyl (C=O) groups excluding carboxylic acids is 1. The Morgan fingerprint density at radius 3 is 2.33 bits per heavy atom. The average molecular weight is 368 g/mol. The van der Waals surface area contributed by atoms with E-state index in [1.807, 2.05) is 0 Å². The number of carbonyl (C=O) groups is 1. The number of amides is 1. The number of anilines is 1. The van der Waals surface area contributed by atoms with E-state index in [-0.39, 0.29) is 31.6 Å². The quantitative estimate of drug-likeness (QED) is 0.691. The van der Waals surface area contributed by atoms with Gasteiger partial charge in [-0.2, -0.15) is 0 Å². The van der Waals surface area contributed by atoms with Crippen LogP contribution in [0.4, 0.5) is 10.1 Å². The molecule has 0 fully saturated rings. The van der Waals surface area contributed by atoms with Gasteiger partial charge in [0, 0.05) is 7.05 Å². The Bertz CT molecular complexity index is 724. The predicted octanol–water partition coefficient (Wildman–Crippen LogP) is 5.11. The first-order chi connectivity index (χ1) is 9.84. The normalized spacial score (nSPS) is 10.6. The molecule has 1 amide bonds. The van der Waals surface area contributed by atoms with Crippen molar-refractivity contribution in [2.75, 3.05) is 11.9 Å². The Morgan fingerprint density at radius 1 is 1.10 bits per heavy atom. The summed E-state index contributed by atoms with van der Waals surface area (Å²) in [6.45, 7) is 0. The van der Waals surface area contributed by atoms with E-state index in [0.717, 1.165) is 4.90 Å². The minimum absolute atomic E-state index is 0.0478. The molecule has 0 N–H and O–H groups in total. The average Bonchev–Trinajstić information content (AvgIpc) is 2.48. The van der Waals surface area contributed by atoms with Gasteiger partial charge in [-0.05, 0) is 12.1 Å². The van der Waals surface area contributed by atoms with Gasteiger partial charge in [0.25, 0.3) is 5.91 Å². The maximum Gasteiger partial charge on any atom is 0.278 e. The zero-order valence-corrected chi connectivity index (χ0v) is 13.5. The van der Waals surface area contributed by atoms with Crippen molar-refractivity contribution >= 4 is 58.0 Å². The Kier molecular flexibility index (Phi) is 4.94. The van der Waals surface area contributed by atoms with Crippen LogP contribution in [0.25, 0.3) is 0 Å². The van der Waals surface area contributed by atoms with Crippen LogP contribution in [0.3, 0.4) is 0 Å². The van der Waals surface area contributed by atoms with Gasteiger partial charge in [0.2, 0.25) is 0 Å². The van der Waals surface area contributed by atoms with E-state index in [9.17, 15) is 9.18 Å². The van der Waals surface area contributed by atoms with Gasteiger partial charge < -0.3 is 4.90 Å². The molecular weight excluding hydrogens is 361 g/mol. The Morgan fingerprint density at radius 2 is 1.71 bits per heavy atom. The molecule has 0 aliphatic carbocycles. The third-order valence-corrected chi connectivity index (χ3v) is 4.38. The monoisotopic (exact) mass is 366 g/mol. The van der Waals surface area contributed by atoms with Gasteiger partial charge in [-0.1, -0.05) is 58.5 Å². The summed E-state index contributed by atoms with van der Waals surface area (Å²) in [6.07, 6.45) is 0. The van der Waals surface area contributed by atoms with Crippen LogP contribution in [-0.4, -0.2) is 17.9 Å². The summed E-state index contributed by atoms with van der Waals surface area (Å²) >= 11 is 23.4. The first kappa shape index (κ1) is 16.3. The lowest BCUT2D eigenvalue weighted by Crippen LogP contribution is -2.28. The van der Waals surface area contributed by atoms with Gasteiger partial charge in [-0.25, -0.2) is 9.37 Å². The lowest BCUT2D eigenvalue weighted by molar-refractivity contribution is 0.0987. The molecule has 1 aromatic carbocycles. The highest BCUT2D eigenvalue weighted by Crippen LogP contribution is 2.36. The van der Waals surface area contributed by atoms with E-state index in [1.54, 1.807) is 6.07 Å². The van der Waals surface area contributed by atoms with Crippen molar-refractivity contribution in [1.29, 1.82) is 0 Å². The number of halogens is 5. The summed E-state index contributed by atoms with van der Waals surface area (Å²) in [4.78, 5) is 17.3. The number of rotatable bonds is 2. The highest BCUT2D eigenvalue weighted by atomic mass is 35.5. The number of nitrogens with zero attached hydrogens (tertiary/aromatic N) is 2. The van der Waals surface area contributed by atoms with Crippen molar-refractivity contribution in [3.05, 3.63) is 56.0 Å². The highest BCUT2D eigenvalue weighted by Gasteiger charge is 2.24. The minimum Gasteiger partial charge on any atom is -0.307 e. The molecule has 3 nitrogen and oxygen atoms in total. The fourth-order valence-corrected chi connectivity index (χ4v) is 2.43.